The monoisotopic (exact) mass is 270 g/mol. The molecule has 1 aromatic heterocycles. The first kappa shape index (κ1) is 16.4. The first-order chi connectivity index (χ1) is 9.67. The molecule has 0 radical (unpaired) electrons. The summed E-state index contributed by atoms with van der Waals surface area (Å²) < 4.78 is 0. The predicted octanol–water partition coefficient (Wildman–Crippen LogP) is 5.35. The standard InChI is InChI=1S/C12H12N2.C6H14/c1-9-3-5-11(6-4-9)12-13-7-10(2)8-14-12;1-3-5-6-4-2/h3-8H,1-2H3;3-6H2,1-2H3. The maximum atomic E-state index is 4.27. The van der Waals surface area contributed by atoms with Crippen molar-refractivity contribution in [1.29, 1.82) is 0 Å². The Hall–Kier alpha value is -1.70. The summed E-state index contributed by atoms with van der Waals surface area (Å²) in [6.45, 7) is 8.52. The van der Waals surface area contributed by atoms with Gasteiger partial charge in [0.15, 0.2) is 5.82 Å². The number of rotatable bonds is 4. The molecule has 0 aliphatic heterocycles. The lowest BCUT2D eigenvalue weighted by molar-refractivity contribution is 0.702. The van der Waals surface area contributed by atoms with Crippen LogP contribution in [0.4, 0.5) is 0 Å². The van der Waals surface area contributed by atoms with Crippen molar-refractivity contribution < 1.29 is 0 Å². The van der Waals surface area contributed by atoms with Crippen molar-refractivity contribution >= 4 is 0 Å². The fourth-order valence-corrected chi connectivity index (χ4v) is 1.74. The van der Waals surface area contributed by atoms with Gasteiger partial charge in [0.25, 0.3) is 0 Å². The Morgan fingerprint density at radius 1 is 0.750 bits per heavy atom. The Morgan fingerprint density at radius 2 is 1.25 bits per heavy atom. The number of hydrogen-bond donors (Lipinski definition) is 0. The van der Waals surface area contributed by atoms with Gasteiger partial charge in [0.2, 0.25) is 0 Å². The lowest BCUT2D eigenvalue weighted by Crippen LogP contribution is -1.88. The molecular formula is C18H26N2. The molecule has 0 saturated heterocycles. The van der Waals surface area contributed by atoms with Crippen LogP contribution in [0.3, 0.4) is 0 Å². The summed E-state index contributed by atoms with van der Waals surface area (Å²) >= 11 is 0. The zero-order chi connectivity index (χ0) is 14.8. The number of aromatic nitrogens is 2. The Labute approximate surface area is 123 Å². The largest absolute Gasteiger partial charge is 0.236 e. The normalized spacial score (nSPS) is 9.80. The van der Waals surface area contributed by atoms with E-state index in [1.165, 1.54) is 31.2 Å². The van der Waals surface area contributed by atoms with Gasteiger partial charge in [0.05, 0.1) is 0 Å². The lowest BCUT2D eigenvalue weighted by atomic mass is 10.1. The van der Waals surface area contributed by atoms with Gasteiger partial charge in [0.1, 0.15) is 0 Å². The Morgan fingerprint density at radius 3 is 1.70 bits per heavy atom. The molecule has 108 valence electrons. The highest BCUT2D eigenvalue weighted by atomic mass is 14.9. The summed E-state index contributed by atoms with van der Waals surface area (Å²) in [4.78, 5) is 8.53. The van der Waals surface area contributed by atoms with E-state index in [9.17, 15) is 0 Å². The molecule has 0 bridgehead atoms. The Bertz CT molecular complexity index is 424. The SMILES string of the molecule is CCCCCC.Cc1ccc(-c2ncc(C)cn2)cc1. The minimum atomic E-state index is 0.788. The zero-order valence-electron chi connectivity index (χ0n) is 13.2. The van der Waals surface area contributed by atoms with Crippen LogP contribution in [0.15, 0.2) is 36.7 Å². The predicted molar refractivity (Wildman–Crippen MR) is 86.8 cm³/mol. The van der Waals surface area contributed by atoms with Crippen LogP contribution in [0, 0.1) is 13.8 Å². The smallest absolute Gasteiger partial charge is 0.159 e. The van der Waals surface area contributed by atoms with Crippen LogP contribution < -0.4 is 0 Å². The first-order valence-corrected chi connectivity index (χ1v) is 7.53. The molecule has 0 saturated carbocycles. The third-order valence-corrected chi connectivity index (χ3v) is 3.05. The van der Waals surface area contributed by atoms with Gasteiger partial charge in [0, 0.05) is 18.0 Å². The van der Waals surface area contributed by atoms with Crippen LogP contribution in [-0.2, 0) is 0 Å². The third kappa shape index (κ3) is 5.96. The number of nitrogens with zero attached hydrogens (tertiary/aromatic N) is 2. The molecule has 0 fully saturated rings. The molecule has 2 aromatic rings. The molecule has 0 atom stereocenters. The van der Waals surface area contributed by atoms with E-state index in [0.29, 0.717) is 0 Å². The third-order valence-electron chi connectivity index (χ3n) is 3.05. The number of unbranched alkanes of at least 4 members (excludes halogenated alkanes) is 3. The number of aryl methyl sites for hydroxylation is 2. The van der Waals surface area contributed by atoms with Gasteiger partial charge in [-0.3, -0.25) is 0 Å². The minimum absolute atomic E-state index is 0.788. The van der Waals surface area contributed by atoms with Crippen molar-refractivity contribution in [2.45, 2.75) is 53.4 Å². The van der Waals surface area contributed by atoms with E-state index in [-0.39, 0.29) is 0 Å². The molecular weight excluding hydrogens is 244 g/mol. The van der Waals surface area contributed by atoms with Gasteiger partial charge in [-0.05, 0) is 19.4 Å². The molecule has 2 nitrogen and oxygen atoms in total. The van der Waals surface area contributed by atoms with Crippen molar-refractivity contribution in [3.05, 3.63) is 47.8 Å². The second kappa shape index (κ2) is 9.24. The maximum Gasteiger partial charge on any atom is 0.159 e. The van der Waals surface area contributed by atoms with Crippen molar-refractivity contribution in [1.82, 2.24) is 9.97 Å². The first-order valence-electron chi connectivity index (χ1n) is 7.53. The van der Waals surface area contributed by atoms with Crippen LogP contribution in [-0.4, -0.2) is 9.97 Å². The summed E-state index contributed by atoms with van der Waals surface area (Å²) in [7, 11) is 0. The van der Waals surface area contributed by atoms with E-state index in [1.807, 2.05) is 31.5 Å². The van der Waals surface area contributed by atoms with Crippen molar-refractivity contribution in [3.8, 4) is 11.4 Å². The van der Waals surface area contributed by atoms with E-state index >= 15 is 0 Å². The number of hydrogen-bond acceptors (Lipinski definition) is 2. The molecule has 0 amide bonds. The van der Waals surface area contributed by atoms with Crippen molar-refractivity contribution in [2.75, 3.05) is 0 Å². The van der Waals surface area contributed by atoms with Gasteiger partial charge in [-0.25, -0.2) is 9.97 Å². The summed E-state index contributed by atoms with van der Waals surface area (Å²) in [6.07, 6.45) is 9.21. The van der Waals surface area contributed by atoms with Crippen LogP contribution in [0.25, 0.3) is 11.4 Å². The molecule has 0 spiro atoms. The quantitative estimate of drug-likeness (QED) is 0.700. The molecule has 1 aromatic carbocycles. The van der Waals surface area contributed by atoms with Crippen LogP contribution >= 0.6 is 0 Å². The molecule has 2 rings (SSSR count). The fraction of sp³-hybridized carbons (Fsp3) is 0.444. The average Bonchev–Trinajstić information content (AvgIpc) is 2.47. The van der Waals surface area contributed by atoms with Gasteiger partial charge >= 0.3 is 0 Å². The zero-order valence-corrected chi connectivity index (χ0v) is 13.2. The van der Waals surface area contributed by atoms with E-state index in [2.05, 4.69) is 42.9 Å². The van der Waals surface area contributed by atoms with Crippen molar-refractivity contribution in [2.24, 2.45) is 0 Å². The van der Waals surface area contributed by atoms with Gasteiger partial charge in [-0.15, -0.1) is 0 Å². The molecule has 2 heteroatoms. The van der Waals surface area contributed by atoms with E-state index in [0.717, 1.165) is 17.0 Å². The molecule has 0 aliphatic carbocycles. The van der Waals surface area contributed by atoms with Crippen LogP contribution in [0.5, 0.6) is 0 Å². The molecule has 1 heterocycles. The molecule has 0 aliphatic rings. The van der Waals surface area contributed by atoms with Gasteiger partial charge in [-0.1, -0.05) is 69.4 Å². The Kier molecular flexibility index (Phi) is 7.56. The topological polar surface area (TPSA) is 25.8 Å². The van der Waals surface area contributed by atoms with E-state index < -0.39 is 0 Å². The highest BCUT2D eigenvalue weighted by Gasteiger charge is 1.98. The molecule has 0 N–H and O–H groups in total. The summed E-state index contributed by atoms with van der Waals surface area (Å²) in [5, 5.41) is 0. The average molecular weight is 270 g/mol. The van der Waals surface area contributed by atoms with E-state index in [4.69, 9.17) is 0 Å². The summed E-state index contributed by atoms with van der Waals surface area (Å²) in [5.74, 6) is 0.788. The second-order valence-corrected chi connectivity index (χ2v) is 5.16. The minimum Gasteiger partial charge on any atom is -0.236 e. The summed E-state index contributed by atoms with van der Waals surface area (Å²) in [6, 6.07) is 8.22. The molecule has 20 heavy (non-hydrogen) atoms. The van der Waals surface area contributed by atoms with E-state index in [1.54, 1.807) is 0 Å². The van der Waals surface area contributed by atoms with Gasteiger partial charge < -0.3 is 0 Å². The van der Waals surface area contributed by atoms with Crippen LogP contribution in [0.2, 0.25) is 0 Å². The lowest BCUT2D eigenvalue weighted by Gasteiger charge is -2.00. The highest BCUT2D eigenvalue weighted by molar-refractivity contribution is 5.54. The highest BCUT2D eigenvalue weighted by Crippen LogP contribution is 2.14. The van der Waals surface area contributed by atoms with Gasteiger partial charge in [-0.2, -0.15) is 0 Å². The second-order valence-electron chi connectivity index (χ2n) is 5.16. The molecule has 0 unspecified atom stereocenters. The maximum absolute atomic E-state index is 4.27. The fourth-order valence-electron chi connectivity index (χ4n) is 1.74. The Balaban J connectivity index is 0.000000286. The number of benzene rings is 1. The van der Waals surface area contributed by atoms with Crippen molar-refractivity contribution in [3.63, 3.8) is 0 Å². The summed E-state index contributed by atoms with van der Waals surface area (Å²) in [5.41, 5.74) is 3.40. The van der Waals surface area contributed by atoms with Crippen LogP contribution in [0.1, 0.15) is 50.7 Å².